The highest BCUT2D eigenvalue weighted by atomic mass is 31.0. The van der Waals surface area contributed by atoms with Gasteiger partial charge in [0.25, 0.3) is 0 Å². The lowest BCUT2D eigenvalue weighted by atomic mass is 10.0. The Bertz CT molecular complexity index is 101. The summed E-state index contributed by atoms with van der Waals surface area (Å²) >= 11 is 0. The Morgan fingerprint density at radius 1 is 1.50 bits per heavy atom. The van der Waals surface area contributed by atoms with E-state index in [0.717, 1.165) is 12.8 Å². The maximum Gasteiger partial charge on any atom is 0.151 e. The van der Waals surface area contributed by atoms with E-state index in [0.29, 0.717) is 5.92 Å². The van der Waals surface area contributed by atoms with Crippen LogP contribution >= 0.6 is 9.24 Å². The van der Waals surface area contributed by atoms with E-state index < -0.39 is 0 Å². The zero-order valence-electron chi connectivity index (χ0n) is 6.89. The first-order valence-electron chi connectivity index (χ1n) is 4.01. The van der Waals surface area contributed by atoms with E-state index in [1.54, 1.807) is 0 Å². The Labute approximate surface area is 65.8 Å². The zero-order valence-corrected chi connectivity index (χ0v) is 8.05. The van der Waals surface area contributed by atoms with Crippen molar-refractivity contribution in [2.45, 2.75) is 39.5 Å². The SMILES string of the molecule is CCCCC(CC)C(=O)P. The van der Waals surface area contributed by atoms with E-state index in [4.69, 9.17) is 0 Å². The maximum absolute atomic E-state index is 10.8. The molecule has 0 rings (SSSR count). The van der Waals surface area contributed by atoms with Crippen LogP contribution in [0.15, 0.2) is 0 Å². The van der Waals surface area contributed by atoms with Crippen molar-refractivity contribution in [1.82, 2.24) is 0 Å². The fraction of sp³-hybridized carbons (Fsp3) is 0.875. The topological polar surface area (TPSA) is 17.1 Å². The molecule has 0 N–H and O–H groups in total. The molecule has 0 aromatic heterocycles. The van der Waals surface area contributed by atoms with Gasteiger partial charge in [-0.25, -0.2) is 0 Å². The van der Waals surface area contributed by atoms with E-state index in [1.165, 1.54) is 12.8 Å². The molecule has 2 unspecified atom stereocenters. The summed E-state index contributed by atoms with van der Waals surface area (Å²) in [5, 5.41) is 0. The first kappa shape index (κ1) is 10.1. The van der Waals surface area contributed by atoms with Crippen LogP contribution in [0.5, 0.6) is 0 Å². The largest absolute Gasteiger partial charge is 0.295 e. The molecule has 0 heterocycles. The molecule has 0 aliphatic carbocycles. The molecule has 0 aromatic rings. The third-order valence-corrected chi connectivity index (χ3v) is 2.27. The Kier molecular flexibility index (Phi) is 5.91. The molecule has 0 amide bonds. The zero-order chi connectivity index (χ0) is 7.98. The van der Waals surface area contributed by atoms with Crippen LogP contribution in [-0.4, -0.2) is 5.52 Å². The van der Waals surface area contributed by atoms with Crippen molar-refractivity contribution in [2.75, 3.05) is 0 Å². The predicted octanol–water partition coefficient (Wildman–Crippen LogP) is 2.60. The van der Waals surface area contributed by atoms with Crippen molar-refractivity contribution in [1.29, 1.82) is 0 Å². The van der Waals surface area contributed by atoms with Crippen LogP contribution < -0.4 is 0 Å². The van der Waals surface area contributed by atoms with Crippen LogP contribution in [0, 0.1) is 5.92 Å². The Hall–Kier alpha value is 0.100. The van der Waals surface area contributed by atoms with E-state index >= 15 is 0 Å². The monoisotopic (exact) mass is 160 g/mol. The van der Waals surface area contributed by atoms with Gasteiger partial charge < -0.3 is 0 Å². The summed E-state index contributed by atoms with van der Waals surface area (Å²) in [5.74, 6) is 0.296. The first-order valence-corrected chi connectivity index (χ1v) is 4.59. The van der Waals surface area contributed by atoms with E-state index in [9.17, 15) is 4.79 Å². The van der Waals surface area contributed by atoms with Crippen molar-refractivity contribution >= 4 is 14.8 Å². The second kappa shape index (κ2) is 5.85. The minimum atomic E-state index is 0.274. The van der Waals surface area contributed by atoms with Gasteiger partial charge in [-0.2, -0.15) is 0 Å². The fourth-order valence-electron chi connectivity index (χ4n) is 0.998. The third-order valence-electron chi connectivity index (χ3n) is 1.80. The molecule has 0 aliphatic heterocycles. The molecule has 10 heavy (non-hydrogen) atoms. The quantitative estimate of drug-likeness (QED) is 0.565. The highest BCUT2D eigenvalue weighted by molar-refractivity contribution is 7.40. The van der Waals surface area contributed by atoms with Crippen LogP contribution in [0.25, 0.3) is 0 Å². The van der Waals surface area contributed by atoms with Gasteiger partial charge in [-0.05, 0) is 12.8 Å². The van der Waals surface area contributed by atoms with E-state index in [1.807, 2.05) is 0 Å². The molecule has 60 valence electrons. The Balaban J connectivity index is 3.50. The number of rotatable bonds is 5. The maximum atomic E-state index is 10.8. The molecular formula is C8H17OP. The minimum Gasteiger partial charge on any atom is -0.295 e. The highest BCUT2D eigenvalue weighted by Gasteiger charge is 2.09. The first-order chi connectivity index (χ1) is 4.72. The molecule has 1 nitrogen and oxygen atoms in total. The summed E-state index contributed by atoms with van der Waals surface area (Å²) in [6.07, 6.45) is 4.42. The van der Waals surface area contributed by atoms with Gasteiger partial charge in [-0.3, -0.25) is 4.79 Å². The summed E-state index contributed by atoms with van der Waals surface area (Å²) in [6.45, 7) is 4.22. The molecule has 0 spiro atoms. The minimum absolute atomic E-state index is 0.274. The van der Waals surface area contributed by atoms with Crippen LogP contribution in [0.4, 0.5) is 0 Å². The highest BCUT2D eigenvalue weighted by Crippen LogP contribution is 2.16. The normalized spacial score (nSPS) is 13.1. The fourth-order valence-corrected chi connectivity index (χ4v) is 1.40. The molecule has 0 saturated carbocycles. The molecule has 0 aliphatic rings. The van der Waals surface area contributed by atoms with Crippen molar-refractivity contribution in [3.63, 3.8) is 0 Å². The van der Waals surface area contributed by atoms with Gasteiger partial charge >= 0.3 is 0 Å². The lowest BCUT2D eigenvalue weighted by Gasteiger charge is -2.08. The molecule has 2 atom stereocenters. The third kappa shape index (κ3) is 4.00. The molecule has 0 fully saturated rings. The predicted molar refractivity (Wildman–Crippen MR) is 48.0 cm³/mol. The number of carbonyl (C=O) groups is 1. The smallest absolute Gasteiger partial charge is 0.151 e. The lowest BCUT2D eigenvalue weighted by Crippen LogP contribution is -2.06. The molecule has 0 aromatic carbocycles. The second-order valence-electron chi connectivity index (χ2n) is 2.65. The summed E-state index contributed by atoms with van der Waals surface area (Å²) in [6, 6.07) is 0. The standard InChI is InChI=1S/C8H17OP/c1-3-5-6-7(4-2)8(9)10/h7H,3-6,10H2,1-2H3. The summed E-state index contributed by atoms with van der Waals surface area (Å²) in [5.41, 5.74) is 0.274. The van der Waals surface area contributed by atoms with Crippen molar-refractivity contribution in [2.24, 2.45) is 5.92 Å². The van der Waals surface area contributed by atoms with Gasteiger partial charge in [0.1, 0.15) is 0 Å². The van der Waals surface area contributed by atoms with Gasteiger partial charge in [0, 0.05) is 5.92 Å². The average molecular weight is 160 g/mol. The van der Waals surface area contributed by atoms with E-state index in [2.05, 4.69) is 23.1 Å². The van der Waals surface area contributed by atoms with Gasteiger partial charge in [-0.1, -0.05) is 35.9 Å². The van der Waals surface area contributed by atoms with Crippen LogP contribution in [-0.2, 0) is 4.79 Å². The Morgan fingerprint density at radius 3 is 2.40 bits per heavy atom. The van der Waals surface area contributed by atoms with Gasteiger partial charge in [-0.15, -0.1) is 0 Å². The van der Waals surface area contributed by atoms with Crippen molar-refractivity contribution in [3.8, 4) is 0 Å². The van der Waals surface area contributed by atoms with Gasteiger partial charge in [0.15, 0.2) is 5.52 Å². The average Bonchev–Trinajstić information content (AvgIpc) is 1.89. The van der Waals surface area contributed by atoms with Crippen molar-refractivity contribution in [3.05, 3.63) is 0 Å². The van der Waals surface area contributed by atoms with E-state index in [-0.39, 0.29) is 5.52 Å². The molecule has 0 radical (unpaired) electrons. The summed E-state index contributed by atoms with van der Waals surface area (Å²) < 4.78 is 0. The molecule has 0 saturated heterocycles. The van der Waals surface area contributed by atoms with Crippen molar-refractivity contribution < 1.29 is 4.79 Å². The van der Waals surface area contributed by atoms with Crippen LogP contribution in [0.3, 0.4) is 0 Å². The molecule has 0 bridgehead atoms. The van der Waals surface area contributed by atoms with Gasteiger partial charge in [0.05, 0.1) is 0 Å². The number of hydrogen-bond donors (Lipinski definition) is 0. The lowest BCUT2D eigenvalue weighted by molar-refractivity contribution is -0.114. The number of unbranched alkanes of at least 4 members (excludes halogenated alkanes) is 1. The number of carbonyl (C=O) groups excluding carboxylic acids is 1. The number of hydrogen-bond acceptors (Lipinski definition) is 1. The van der Waals surface area contributed by atoms with Crippen LogP contribution in [0.2, 0.25) is 0 Å². The Morgan fingerprint density at radius 2 is 2.10 bits per heavy atom. The molecule has 2 heteroatoms. The van der Waals surface area contributed by atoms with Gasteiger partial charge in [0.2, 0.25) is 0 Å². The second-order valence-corrected chi connectivity index (χ2v) is 3.22. The van der Waals surface area contributed by atoms with Crippen LogP contribution in [0.1, 0.15) is 39.5 Å². The molecular weight excluding hydrogens is 143 g/mol. The summed E-state index contributed by atoms with van der Waals surface area (Å²) in [7, 11) is 2.27. The summed E-state index contributed by atoms with van der Waals surface area (Å²) in [4.78, 5) is 10.8.